The van der Waals surface area contributed by atoms with Crippen LogP contribution in [-0.4, -0.2) is 53.2 Å². The van der Waals surface area contributed by atoms with Crippen LogP contribution in [0, 0.1) is 62.1 Å². The van der Waals surface area contributed by atoms with E-state index in [1.54, 1.807) is 13.8 Å². The standard InChI is InChI=1S/C41H65NO6/c1-24(2)33-27(43)20-41(30(44)23-42-22-25-10-11-25)19-18-39(8)26(34(33)41)12-13-29-38(7)16-15-31(48-32(45)21-36(3,4)35(46)47)37(5,6)28(38)14-17-40(29,39)9/h24-26,28-31,42,44H,10-23H2,1-9H3,(H,46,47). The van der Waals surface area contributed by atoms with E-state index in [2.05, 4.69) is 53.8 Å². The van der Waals surface area contributed by atoms with Crippen LogP contribution in [0.3, 0.4) is 0 Å². The van der Waals surface area contributed by atoms with Gasteiger partial charge in [0.1, 0.15) is 6.10 Å². The molecule has 0 spiro atoms. The number of aliphatic hydroxyl groups excluding tert-OH is 1. The van der Waals surface area contributed by atoms with Crippen molar-refractivity contribution >= 4 is 17.7 Å². The number of hydrogen-bond acceptors (Lipinski definition) is 6. The third-order valence-corrected chi connectivity index (χ3v) is 16.0. The van der Waals surface area contributed by atoms with Crippen LogP contribution in [0.1, 0.15) is 139 Å². The number of aliphatic carboxylic acids is 1. The smallest absolute Gasteiger partial charge is 0.309 e. The van der Waals surface area contributed by atoms with Crippen molar-refractivity contribution in [2.45, 2.75) is 152 Å². The van der Waals surface area contributed by atoms with Crippen LogP contribution in [0.25, 0.3) is 0 Å². The lowest BCUT2D eigenvalue weighted by Crippen LogP contribution is -2.66. The molecule has 0 radical (unpaired) electrons. The Morgan fingerprint density at radius 2 is 1.60 bits per heavy atom. The summed E-state index contributed by atoms with van der Waals surface area (Å²) in [5.41, 5.74) is 0.766. The normalized spacial score (nSPS) is 41.3. The molecule has 9 atom stereocenters. The number of allylic oxidation sites excluding steroid dienone is 1. The van der Waals surface area contributed by atoms with Gasteiger partial charge in [0.2, 0.25) is 0 Å². The Bertz CT molecular complexity index is 1360. The van der Waals surface area contributed by atoms with Gasteiger partial charge in [-0.25, -0.2) is 0 Å². The molecule has 7 heteroatoms. The Balaban J connectivity index is 1.27. The van der Waals surface area contributed by atoms with E-state index in [0.717, 1.165) is 69.4 Å². The van der Waals surface area contributed by atoms with Crippen molar-refractivity contribution < 1.29 is 29.3 Å². The van der Waals surface area contributed by atoms with Gasteiger partial charge >= 0.3 is 11.9 Å². The molecule has 6 rings (SSSR count). The molecule has 7 nitrogen and oxygen atoms in total. The van der Waals surface area contributed by atoms with Crippen molar-refractivity contribution in [3.05, 3.63) is 11.1 Å². The van der Waals surface area contributed by atoms with Gasteiger partial charge in [0.15, 0.2) is 5.78 Å². The number of rotatable bonds is 10. The number of carbonyl (C=O) groups excluding carboxylic acids is 2. The Labute approximate surface area is 289 Å². The van der Waals surface area contributed by atoms with Gasteiger partial charge in [-0.1, -0.05) is 54.0 Å². The molecule has 0 aromatic carbocycles. The fourth-order valence-electron chi connectivity index (χ4n) is 12.9. The van der Waals surface area contributed by atoms with Crippen LogP contribution < -0.4 is 5.32 Å². The largest absolute Gasteiger partial charge is 0.481 e. The third kappa shape index (κ3) is 5.37. The Hall–Kier alpha value is -1.73. The monoisotopic (exact) mass is 667 g/mol. The first-order valence-electron chi connectivity index (χ1n) is 19.3. The molecular weight excluding hydrogens is 602 g/mol. The van der Waals surface area contributed by atoms with Crippen LogP contribution in [0.2, 0.25) is 0 Å². The lowest BCUT2D eigenvalue weighted by molar-refractivity contribution is -0.235. The Morgan fingerprint density at radius 3 is 2.23 bits per heavy atom. The summed E-state index contributed by atoms with van der Waals surface area (Å²) >= 11 is 0. The van der Waals surface area contributed by atoms with E-state index in [-0.39, 0.29) is 45.9 Å². The molecule has 48 heavy (non-hydrogen) atoms. The zero-order chi connectivity index (χ0) is 35.2. The van der Waals surface area contributed by atoms with Crippen LogP contribution in [-0.2, 0) is 19.1 Å². The van der Waals surface area contributed by atoms with E-state index in [4.69, 9.17) is 4.74 Å². The van der Waals surface area contributed by atoms with Crippen molar-refractivity contribution in [2.24, 2.45) is 62.1 Å². The van der Waals surface area contributed by atoms with Gasteiger partial charge < -0.3 is 20.3 Å². The number of fused-ring (bicyclic) bond motifs is 7. The summed E-state index contributed by atoms with van der Waals surface area (Å²) in [7, 11) is 0. The van der Waals surface area contributed by atoms with Gasteiger partial charge in [0.05, 0.1) is 17.9 Å². The summed E-state index contributed by atoms with van der Waals surface area (Å²) in [6.07, 6.45) is 10.2. The molecular formula is C41H65NO6. The van der Waals surface area contributed by atoms with Crippen molar-refractivity contribution in [3.8, 4) is 0 Å². The average molecular weight is 668 g/mol. The summed E-state index contributed by atoms with van der Waals surface area (Å²) < 4.78 is 6.15. The van der Waals surface area contributed by atoms with E-state index in [1.165, 1.54) is 18.4 Å². The minimum Gasteiger partial charge on any atom is -0.481 e. The van der Waals surface area contributed by atoms with Gasteiger partial charge in [0, 0.05) is 23.8 Å². The van der Waals surface area contributed by atoms with Crippen molar-refractivity contribution in [1.82, 2.24) is 5.32 Å². The van der Waals surface area contributed by atoms with Crippen molar-refractivity contribution in [1.29, 1.82) is 0 Å². The molecule has 0 saturated heterocycles. The topological polar surface area (TPSA) is 113 Å². The highest BCUT2D eigenvalue weighted by atomic mass is 16.5. The van der Waals surface area contributed by atoms with E-state index in [0.29, 0.717) is 30.7 Å². The van der Waals surface area contributed by atoms with E-state index < -0.39 is 28.9 Å². The SMILES string of the molecule is CC(C)C1=C2C3CCC4C5(C)CCC(OC(=O)CC(C)(C)C(=O)O)C(C)(C)C5CCC4(C)C3(C)CCC2(C(O)CNCC2CC2)CC1=O. The molecule has 0 aliphatic heterocycles. The van der Waals surface area contributed by atoms with Gasteiger partial charge in [-0.05, 0) is 136 Å². The van der Waals surface area contributed by atoms with Crippen molar-refractivity contribution in [3.63, 3.8) is 0 Å². The average Bonchev–Trinajstić information content (AvgIpc) is 3.74. The summed E-state index contributed by atoms with van der Waals surface area (Å²) in [6, 6.07) is 0. The number of carboxylic acid groups (broad SMARTS) is 1. The summed E-state index contributed by atoms with van der Waals surface area (Å²) in [5.74, 6) is 0.998. The van der Waals surface area contributed by atoms with E-state index >= 15 is 0 Å². The number of ether oxygens (including phenoxy) is 1. The molecule has 0 bridgehead atoms. The number of ketones is 1. The number of hydrogen-bond donors (Lipinski definition) is 3. The van der Waals surface area contributed by atoms with E-state index in [1.807, 2.05) is 0 Å². The highest BCUT2D eigenvalue weighted by Gasteiger charge is 2.70. The molecule has 0 amide bonds. The Kier molecular flexibility index (Phi) is 8.96. The van der Waals surface area contributed by atoms with E-state index in [9.17, 15) is 24.6 Å². The predicted molar refractivity (Wildman–Crippen MR) is 187 cm³/mol. The lowest BCUT2D eigenvalue weighted by Gasteiger charge is -2.72. The van der Waals surface area contributed by atoms with Gasteiger partial charge in [-0.3, -0.25) is 14.4 Å². The molecule has 0 heterocycles. The maximum Gasteiger partial charge on any atom is 0.309 e. The second-order valence-electron chi connectivity index (χ2n) is 19.7. The highest BCUT2D eigenvalue weighted by Crippen LogP contribution is 2.77. The minimum atomic E-state index is -1.15. The summed E-state index contributed by atoms with van der Waals surface area (Å²) in [6.45, 7) is 21.3. The zero-order valence-corrected chi connectivity index (χ0v) is 31.5. The summed E-state index contributed by atoms with van der Waals surface area (Å²) in [4.78, 5) is 38.7. The molecule has 0 aromatic rings. The number of esters is 1. The molecule has 6 aliphatic carbocycles. The fraction of sp³-hybridized carbons (Fsp3) is 0.878. The molecule has 5 fully saturated rings. The molecule has 0 aromatic heterocycles. The van der Waals surface area contributed by atoms with Gasteiger partial charge in [-0.2, -0.15) is 0 Å². The number of carboxylic acids is 1. The number of Topliss-reactive ketones (excluding diaryl/α,β-unsaturated/α-hetero) is 1. The molecule has 6 aliphatic rings. The Morgan fingerprint density at radius 1 is 0.917 bits per heavy atom. The number of carbonyl (C=O) groups is 3. The maximum absolute atomic E-state index is 13.9. The second-order valence-corrected chi connectivity index (χ2v) is 19.7. The number of aliphatic hydroxyl groups is 1. The minimum absolute atomic E-state index is 0.0323. The van der Waals surface area contributed by atoms with Gasteiger partial charge in [-0.15, -0.1) is 0 Å². The van der Waals surface area contributed by atoms with Crippen LogP contribution in [0.4, 0.5) is 0 Å². The first-order valence-corrected chi connectivity index (χ1v) is 19.3. The first kappa shape index (κ1) is 36.1. The first-order chi connectivity index (χ1) is 22.2. The van der Waals surface area contributed by atoms with Crippen molar-refractivity contribution in [2.75, 3.05) is 13.1 Å². The van der Waals surface area contributed by atoms with Gasteiger partial charge in [0.25, 0.3) is 0 Å². The molecule has 5 saturated carbocycles. The second kappa shape index (κ2) is 11.9. The number of nitrogens with one attached hydrogen (secondary N) is 1. The summed E-state index contributed by atoms with van der Waals surface area (Å²) in [5, 5.41) is 25.1. The fourth-order valence-corrected chi connectivity index (χ4v) is 12.9. The maximum atomic E-state index is 13.9. The highest BCUT2D eigenvalue weighted by molar-refractivity contribution is 6.00. The molecule has 9 unspecified atom stereocenters. The molecule has 3 N–H and O–H groups in total. The quantitative estimate of drug-likeness (QED) is 0.204. The molecule has 270 valence electrons. The zero-order valence-electron chi connectivity index (χ0n) is 31.5. The van der Waals surface area contributed by atoms with Crippen LogP contribution in [0.15, 0.2) is 11.1 Å². The van der Waals surface area contributed by atoms with Crippen LogP contribution in [0.5, 0.6) is 0 Å². The lowest BCUT2D eigenvalue weighted by atomic mass is 9.33. The predicted octanol–water partition coefficient (Wildman–Crippen LogP) is 7.74. The third-order valence-electron chi connectivity index (χ3n) is 16.0. The van der Waals surface area contributed by atoms with Crippen LogP contribution >= 0.6 is 0 Å².